The molecule has 0 aliphatic carbocycles. The van der Waals surface area contributed by atoms with E-state index >= 15 is 0 Å². The van der Waals surface area contributed by atoms with E-state index in [1.165, 1.54) is 0 Å². The maximum atomic E-state index is 9.05. The number of thiophene rings is 1. The molecule has 2 aromatic heterocycles. The van der Waals surface area contributed by atoms with Crippen molar-refractivity contribution in [2.45, 2.75) is 33.7 Å². The maximum Gasteiger partial charge on any atom is 0.241 e. The van der Waals surface area contributed by atoms with Gasteiger partial charge in [-0.15, -0.1) is 11.3 Å². The van der Waals surface area contributed by atoms with Crippen LogP contribution in [0.3, 0.4) is 0 Å². The van der Waals surface area contributed by atoms with E-state index in [0.29, 0.717) is 18.3 Å². The highest BCUT2D eigenvalue weighted by molar-refractivity contribution is 9.11. The molecule has 2 rings (SSSR count). The minimum atomic E-state index is 0.178. The average molecular weight is 388 g/mol. The highest BCUT2D eigenvalue weighted by atomic mass is 79.9. The van der Waals surface area contributed by atoms with E-state index in [1.807, 2.05) is 12.1 Å². The molecule has 0 radical (unpaired) electrons. The van der Waals surface area contributed by atoms with Crippen LogP contribution in [0.5, 0.6) is 0 Å². The zero-order chi connectivity index (χ0) is 16.2. The van der Waals surface area contributed by atoms with Crippen LogP contribution in [0.4, 0.5) is 0 Å². The Hall–Kier alpha value is -0.760. The first-order chi connectivity index (χ1) is 10.4. The summed E-state index contributed by atoms with van der Waals surface area (Å²) in [5, 5.41) is 13.1. The van der Waals surface area contributed by atoms with Gasteiger partial charge in [-0.25, -0.2) is 0 Å². The number of aliphatic hydroxyl groups is 1. The Balaban J connectivity index is 2.04. The summed E-state index contributed by atoms with van der Waals surface area (Å²) in [5.41, 5.74) is 0.178. The molecule has 0 saturated heterocycles. The summed E-state index contributed by atoms with van der Waals surface area (Å²) in [6.07, 6.45) is 0.745. The van der Waals surface area contributed by atoms with Crippen molar-refractivity contribution in [2.24, 2.45) is 5.41 Å². The molecule has 0 bridgehead atoms. The number of aromatic nitrogens is 2. The molecule has 7 heteroatoms. The monoisotopic (exact) mass is 387 g/mol. The standard InChI is InChI=1S/C15H22BrN3O2S/c1-15(2,3)10-19(7-4-8-20)9-13-17-14(18-21-13)11-5-6-12(16)22-11/h5-6,20H,4,7-10H2,1-3H3. The van der Waals surface area contributed by atoms with E-state index in [9.17, 15) is 0 Å². The van der Waals surface area contributed by atoms with Gasteiger partial charge in [0.25, 0.3) is 0 Å². The van der Waals surface area contributed by atoms with E-state index in [4.69, 9.17) is 9.63 Å². The fourth-order valence-corrected chi connectivity index (χ4v) is 3.54. The van der Waals surface area contributed by atoms with Gasteiger partial charge in [-0.3, -0.25) is 4.90 Å². The lowest BCUT2D eigenvalue weighted by Crippen LogP contribution is -2.33. The Morgan fingerprint density at radius 2 is 2.14 bits per heavy atom. The summed E-state index contributed by atoms with van der Waals surface area (Å²) in [5.74, 6) is 1.24. The van der Waals surface area contributed by atoms with Gasteiger partial charge in [-0.2, -0.15) is 4.98 Å². The third-order valence-electron chi connectivity index (χ3n) is 2.95. The minimum absolute atomic E-state index is 0.178. The molecule has 0 fully saturated rings. The maximum absolute atomic E-state index is 9.05. The van der Waals surface area contributed by atoms with Crippen LogP contribution in [-0.2, 0) is 6.54 Å². The largest absolute Gasteiger partial charge is 0.396 e. The number of nitrogens with zero attached hydrogens (tertiary/aromatic N) is 3. The Bertz CT molecular complexity index is 592. The first-order valence-electron chi connectivity index (χ1n) is 7.29. The predicted molar refractivity (Wildman–Crippen MR) is 91.7 cm³/mol. The van der Waals surface area contributed by atoms with E-state index < -0.39 is 0 Å². The van der Waals surface area contributed by atoms with Crippen LogP contribution in [0.15, 0.2) is 20.4 Å². The number of hydrogen-bond acceptors (Lipinski definition) is 6. The van der Waals surface area contributed by atoms with Crippen molar-refractivity contribution in [3.8, 4) is 10.7 Å². The molecule has 0 atom stereocenters. The van der Waals surface area contributed by atoms with Gasteiger partial charge in [-0.1, -0.05) is 25.9 Å². The number of aliphatic hydroxyl groups excluding tert-OH is 1. The smallest absolute Gasteiger partial charge is 0.241 e. The summed E-state index contributed by atoms with van der Waals surface area (Å²) in [4.78, 5) is 7.71. The van der Waals surface area contributed by atoms with Crippen LogP contribution >= 0.6 is 27.3 Å². The lowest BCUT2D eigenvalue weighted by atomic mass is 9.96. The Morgan fingerprint density at radius 1 is 1.36 bits per heavy atom. The second kappa shape index (κ2) is 7.68. The first kappa shape index (κ1) is 17.6. The third-order valence-corrected chi connectivity index (χ3v) is 4.57. The highest BCUT2D eigenvalue weighted by Gasteiger charge is 2.19. The fourth-order valence-electron chi connectivity index (χ4n) is 2.22. The Labute approximate surface area is 143 Å². The second-order valence-electron chi connectivity index (χ2n) is 6.46. The zero-order valence-electron chi connectivity index (χ0n) is 13.2. The van der Waals surface area contributed by atoms with Gasteiger partial charge in [0, 0.05) is 19.7 Å². The fraction of sp³-hybridized carbons (Fsp3) is 0.600. The van der Waals surface area contributed by atoms with Crippen LogP contribution in [0.2, 0.25) is 0 Å². The van der Waals surface area contributed by atoms with Crippen LogP contribution in [0.25, 0.3) is 10.7 Å². The van der Waals surface area contributed by atoms with Crippen molar-refractivity contribution in [3.63, 3.8) is 0 Å². The van der Waals surface area contributed by atoms with E-state index in [-0.39, 0.29) is 12.0 Å². The summed E-state index contributed by atoms with van der Waals surface area (Å²) in [6.45, 7) is 9.12. The number of rotatable bonds is 7. The average Bonchev–Trinajstić information content (AvgIpc) is 3.03. The van der Waals surface area contributed by atoms with Crippen molar-refractivity contribution < 1.29 is 9.63 Å². The summed E-state index contributed by atoms with van der Waals surface area (Å²) < 4.78 is 6.43. The molecule has 2 aromatic rings. The molecule has 22 heavy (non-hydrogen) atoms. The highest BCUT2D eigenvalue weighted by Crippen LogP contribution is 2.29. The molecular formula is C15H22BrN3O2S. The van der Waals surface area contributed by atoms with E-state index in [1.54, 1.807) is 11.3 Å². The van der Waals surface area contributed by atoms with Crippen LogP contribution in [-0.4, -0.2) is 39.8 Å². The third kappa shape index (κ3) is 5.46. The van der Waals surface area contributed by atoms with Crippen LogP contribution in [0.1, 0.15) is 33.1 Å². The summed E-state index contributed by atoms with van der Waals surface area (Å²) in [7, 11) is 0. The molecular weight excluding hydrogens is 366 g/mol. The molecule has 0 spiro atoms. The molecule has 1 N–H and O–H groups in total. The van der Waals surface area contributed by atoms with Crippen molar-refractivity contribution in [1.82, 2.24) is 15.0 Å². The zero-order valence-corrected chi connectivity index (χ0v) is 15.6. The van der Waals surface area contributed by atoms with Crippen molar-refractivity contribution >= 4 is 27.3 Å². The quantitative estimate of drug-likeness (QED) is 0.782. The van der Waals surface area contributed by atoms with Gasteiger partial charge in [0.2, 0.25) is 11.7 Å². The molecule has 0 unspecified atom stereocenters. The van der Waals surface area contributed by atoms with Gasteiger partial charge in [0.15, 0.2) is 0 Å². The van der Waals surface area contributed by atoms with Crippen LogP contribution < -0.4 is 0 Å². The predicted octanol–water partition coefficient (Wildman–Crippen LogP) is 3.79. The lowest BCUT2D eigenvalue weighted by molar-refractivity contribution is 0.150. The van der Waals surface area contributed by atoms with Crippen molar-refractivity contribution in [3.05, 3.63) is 21.8 Å². The molecule has 2 heterocycles. The second-order valence-corrected chi connectivity index (χ2v) is 8.93. The first-order valence-corrected chi connectivity index (χ1v) is 8.90. The van der Waals surface area contributed by atoms with Gasteiger partial charge >= 0.3 is 0 Å². The minimum Gasteiger partial charge on any atom is -0.396 e. The Kier molecular flexibility index (Phi) is 6.14. The topological polar surface area (TPSA) is 62.4 Å². The molecule has 0 aliphatic heterocycles. The van der Waals surface area contributed by atoms with Crippen molar-refractivity contribution in [2.75, 3.05) is 19.7 Å². The van der Waals surface area contributed by atoms with E-state index in [2.05, 4.69) is 51.7 Å². The molecule has 0 amide bonds. The summed E-state index contributed by atoms with van der Waals surface area (Å²) in [6, 6.07) is 3.95. The molecule has 0 aliphatic rings. The molecule has 0 saturated carbocycles. The van der Waals surface area contributed by atoms with E-state index in [0.717, 1.165) is 28.2 Å². The van der Waals surface area contributed by atoms with Gasteiger partial charge < -0.3 is 9.63 Å². The molecule has 122 valence electrons. The SMILES string of the molecule is CC(C)(C)CN(CCCO)Cc1nc(-c2ccc(Br)s2)no1. The van der Waals surface area contributed by atoms with Gasteiger partial charge in [0.05, 0.1) is 15.2 Å². The number of halogens is 1. The Morgan fingerprint density at radius 3 is 2.73 bits per heavy atom. The van der Waals surface area contributed by atoms with Gasteiger partial charge in [0.1, 0.15) is 0 Å². The van der Waals surface area contributed by atoms with Crippen molar-refractivity contribution in [1.29, 1.82) is 0 Å². The molecule has 5 nitrogen and oxygen atoms in total. The molecule has 0 aromatic carbocycles. The van der Waals surface area contributed by atoms with Gasteiger partial charge in [-0.05, 0) is 39.9 Å². The number of hydrogen-bond donors (Lipinski definition) is 1. The normalized spacial score (nSPS) is 12.3. The van der Waals surface area contributed by atoms with Crippen LogP contribution in [0, 0.1) is 5.41 Å². The summed E-state index contributed by atoms with van der Waals surface area (Å²) >= 11 is 5.02. The lowest BCUT2D eigenvalue weighted by Gasteiger charge is -2.28.